The molecule has 0 saturated heterocycles. The molecule has 0 radical (unpaired) electrons. The molecule has 0 aliphatic carbocycles. The highest BCUT2D eigenvalue weighted by molar-refractivity contribution is 5.28. The summed E-state index contributed by atoms with van der Waals surface area (Å²) in [6.07, 6.45) is 10.5. The second-order valence-corrected chi connectivity index (χ2v) is 9.68. The number of alkyl halides is 2. The van der Waals surface area contributed by atoms with Gasteiger partial charge in [0.05, 0.1) is 0 Å². The number of allylic oxidation sites excluding steroid dienone is 1. The Balaban J connectivity index is 0.00000282. The molecule has 0 bridgehead atoms. The minimum atomic E-state index is -2.62. The molecule has 1 aromatic rings. The van der Waals surface area contributed by atoms with Crippen molar-refractivity contribution in [2.24, 2.45) is 11.8 Å². The van der Waals surface area contributed by atoms with E-state index in [-0.39, 0.29) is 6.42 Å². The number of rotatable bonds is 14. The van der Waals surface area contributed by atoms with Gasteiger partial charge in [0, 0.05) is 12.3 Å². The number of hydrogen-bond donors (Lipinski definition) is 0. The van der Waals surface area contributed by atoms with Crippen molar-refractivity contribution < 1.29 is 8.78 Å². The minimum absolute atomic E-state index is 0.0866. The van der Waals surface area contributed by atoms with Crippen molar-refractivity contribution in [3.63, 3.8) is 0 Å². The molecule has 0 amide bonds. The number of unbranched alkanes of at least 4 members (excludes halogenated alkanes) is 3. The lowest BCUT2D eigenvalue weighted by molar-refractivity contribution is -0.0345. The van der Waals surface area contributed by atoms with Crippen LogP contribution in [0.2, 0.25) is 0 Å². The maximum absolute atomic E-state index is 14.6. The molecule has 0 aliphatic rings. The van der Waals surface area contributed by atoms with Crippen molar-refractivity contribution in [2.45, 2.75) is 124 Å². The summed E-state index contributed by atoms with van der Waals surface area (Å²) >= 11 is 0. The van der Waals surface area contributed by atoms with Crippen LogP contribution in [0.25, 0.3) is 0 Å². The second kappa shape index (κ2) is 16.5. The first-order valence-electron chi connectivity index (χ1n) is 12.7. The van der Waals surface area contributed by atoms with E-state index in [1.165, 1.54) is 37.7 Å². The van der Waals surface area contributed by atoms with Gasteiger partial charge in [-0.3, -0.25) is 0 Å². The summed E-state index contributed by atoms with van der Waals surface area (Å²) in [5.74, 6) is -1.27. The number of hydrogen-bond acceptors (Lipinski definition) is 0. The van der Waals surface area contributed by atoms with Crippen molar-refractivity contribution in [3.05, 3.63) is 48.0 Å². The first-order chi connectivity index (χ1) is 14.6. The molecular weight excluding hydrogens is 386 g/mol. The minimum Gasteiger partial charge on any atom is -0.206 e. The predicted molar refractivity (Wildman–Crippen MR) is 135 cm³/mol. The highest BCUT2D eigenvalue weighted by Crippen LogP contribution is 2.40. The maximum Gasteiger partial charge on any atom is 0.254 e. The van der Waals surface area contributed by atoms with E-state index in [0.29, 0.717) is 12.3 Å². The molecule has 0 N–H and O–H groups in total. The van der Waals surface area contributed by atoms with Gasteiger partial charge in [-0.25, -0.2) is 8.78 Å². The average Bonchev–Trinajstić information content (AvgIpc) is 2.72. The summed E-state index contributed by atoms with van der Waals surface area (Å²) in [6, 6.07) is 7.92. The monoisotopic (exact) mass is 436 g/mol. The quantitative estimate of drug-likeness (QED) is 0.201. The van der Waals surface area contributed by atoms with Crippen molar-refractivity contribution in [2.75, 3.05) is 0 Å². The van der Waals surface area contributed by atoms with Gasteiger partial charge < -0.3 is 0 Å². The van der Waals surface area contributed by atoms with Gasteiger partial charge in [0.2, 0.25) is 0 Å². The molecule has 0 aromatic heterocycles. The second-order valence-electron chi connectivity index (χ2n) is 9.68. The molecule has 2 heteroatoms. The van der Waals surface area contributed by atoms with E-state index in [0.717, 1.165) is 30.2 Å². The van der Waals surface area contributed by atoms with Crippen molar-refractivity contribution in [3.8, 4) is 0 Å². The molecule has 1 aromatic carbocycles. The van der Waals surface area contributed by atoms with E-state index in [1.54, 1.807) is 13.0 Å². The van der Waals surface area contributed by atoms with Gasteiger partial charge >= 0.3 is 0 Å². The Kier molecular flexibility index (Phi) is 15.8. The van der Waals surface area contributed by atoms with Crippen molar-refractivity contribution >= 4 is 0 Å². The van der Waals surface area contributed by atoms with Gasteiger partial charge in [-0.05, 0) is 42.2 Å². The van der Waals surface area contributed by atoms with Crippen molar-refractivity contribution in [1.29, 1.82) is 0 Å². The zero-order chi connectivity index (χ0) is 23.9. The van der Waals surface area contributed by atoms with Gasteiger partial charge in [-0.2, -0.15) is 0 Å². The first-order valence-corrected chi connectivity index (χ1v) is 12.7. The summed E-state index contributed by atoms with van der Waals surface area (Å²) in [6.45, 7) is 18.0. The Labute approximate surface area is 192 Å². The van der Waals surface area contributed by atoms with E-state index in [1.807, 2.05) is 31.2 Å². The molecule has 2 atom stereocenters. The van der Waals surface area contributed by atoms with E-state index in [2.05, 4.69) is 41.2 Å². The normalized spacial score (nSPS) is 13.6. The van der Waals surface area contributed by atoms with E-state index in [9.17, 15) is 8.78 Å². The molecule has 31 heavy (non-hydrogen) atoms. The van der Waals surface area contributed by atoms with Crippen LogP contribution in [0.15, 0.2) is 36.9 Å². The number of halogens is 2. The Hall–Kier alpha value is -1.18. The van der Waals surface area contributed by atoms with Crippen LogP contribution in [-0.4, -0.2) is 5.92 Å². The molecule has 0 heterocycles. The highest BCUT2D eigenvalue weighted by Gasteiger charge is 2.38. The largest absolute Gasteiger partial charge is 0.254 e. The summed E-state index contributed by atoms with van der Waals surface area (Å²) in [5.41, 5.74) is 2.02. The fourth-order valence-corrected chi connectivity index (χ4v) is 4.27. The van der Waals surface area contributed by atoms with Crippen LogP contribution in [0.4, 0.5) is 8.78 Å². The lowest BCUT2D eigenvalue weighted by atomic mass is 9.84. The van der Waals surface area contributed by atoms with Crippen LogP contribution >= 0.6 is 0 Å². The standard InChI is InChI=1S/C26H44F2.C3H6/c1-7-13-22(20(3)4)14-11-9-10-12-15-25(26(27,28)8-2)24-18-16-23(17-19-24)21(5)6;1-3-2/h16-22,25H,7-15H2,1-6H3;3H,1H2,2H3. The number of benzene rings is 1. The average molecular weight is 437 g/mol. The van der Waals surface area contributed by atoms with E-state index in [4.69, 9.17) is 0 Å². The van der Waals surface area contributed by atoms with Crippen LogP contribution in [-0.2, 0) is 0 Å². The third-order valence-corrected chi connectivity index (χ3v) is 6.41. The predicted octanol–water partition coefficient (Wildman–Crippen LogP) is 10.5. The molecule has 0 saturated carbocycles. The fraction of sp³-hybridized carbons (Fsp3) is 0.724. The van der Waals surface area contributed by atoms with Crippen LogP contribution in [0, 0.1) is 11.8 Å². The van der Waals surface area contributed by atoms with Crippen LogP contribution in [0.3, 0.4) is 0 Å². The SMILES string of the molecule is C=CC.CCCC(CCCCCCC(c1ccc(C(C)C)cc1)C(F)(F)CC)C(C)C. The summed E-state index contributed by atoms with van der Waals surface area (Å²) < 4.78 is 29.2. The molecule has 0 nitrogen and oxygen atoms in total. The van der Waals surface area contributed by atoms with E-state index < -0.39 is 11.8 Å². The zero-order valence-corrected chi connectivity index (χ0v) is 21.5. The van der Waals surface area contributed by atoms with Gasteiger partial charge in [-0.1, -0.05) is 117 Å². The molecule has 180 valence electrons. The third-order valence-electron chi connectivity index (χ3n) is 6.41. The van der Waals surface area contributed by atoms with E-state index >= 15 is 0 Å². The topological polar surface area (TPSA) is 0 Å². The van der Waals surface area contributed by atoms with Gasteiger partial charge in [-0.15, -0.1) is 6.58 Å². The molecule has 1 rings (SSSR count). The summed E-state index contributed by atoms with van der Waals surface area (Å²) in [4.78, 5) is 0. The molecule has 0 aliphatic heterocycles. The molecular formula is C29H50F2. The van der Waals surface area contributed by atoms with Crippen LogP contribution in [0.5, 0.6) is 0 Å². The molecule has 0 fully saturated rings. The Morgan fingerprint density at radius 1 is 0.839 bits per heavy atom. The van der Waals surface area contributed by atoms with Crippen molar-refractivity contribution in [1.82, 2.24) is 0 Å². The fourth-order valence-electron chi connectivity index (χ4n) is 4.27. The first kappa shape index (κ1) is 29.8. The lowest BCUT2D eigenvalue weighted by Gasteiger charge is -2.27. The maximum atomic E-state index is 14.6. The Morgan fingerprint density at radius 3 is 1.74 bits per heavy atom. The van der Waals surface area contributed by atoms with Crippen LogP contribution in [0.1, 0.15) is 129 Å². The smallest absolute Gasteiger partial charge is 0.206 e. The lowest BCUT2D eigenvalue weighted by Crippen LogP contribution is -2.25. The molecule has 0 spiro atoms. The zero-order valence-electron chi connectivity index (χ0n) is 21.5. The Morgan fingerprint density at radius 2 is 1.32 bits per heavy atom. The van der Waals surface area contributed by atoms with Crippen LogP contribution < -0.4 is 0 Å². The molecule has 2 unspecified atom stereocenters. The Bertz CT molecular complexity index is 557. The summed E-state index contributed by atoms with van der Waals surface area (Å²) in [7, 11) is 0. The summed E-state index contributed by atoms with van der Waals surface area (Å²) in [5, 5.41) is 0. The van der Waals surface area contributed by atoms with Gasteiger partial charge in [0.25, 0.3) is 5.92 Å². The highest BCUT2D eigenvalue weighted by atomic mass is 19.3. The van der Waals surface area contributed by atoms with Gasteiger partial charge in [0.1, 0.15) is 0 Å². The third kappa shape index (κ3) is 11.9. The van der Waals surface area contributed by atoms with Gasteiger partial charge in [0.15, 0.2) is 0 Å².